The molecule has 1 aliphatic carbocycles. The van der Waals surface area contributed by atoms with Crippen LogP contribution in [0.2, 0.25) is 0 Å². The van der Waals surface area contributed by atoms with Gasteiger partial charge in [0.05, 0.1) is 23.8 Å². The molecule has 0 unspecified atom stereocenters. The lowest BCUT2D eigenvalue weighted by Crippen LogP contribution is -2.35. The van der Waals surface area contributed by atoms with Crippen molar-refractivity contribution in [2.75, 3.05) is 32.1 Å². The molecule has 1 aromatic rings. The van der Waals surface area contributed by atoms with Crippen LogP contribution in [0.3, 0.4) is 0 Å². The van der Waals surface area contributed by atoms with Gasteiger partial charge in [-0.05, 0) is 43.9 Å². The van der Waals surface area contributed by atoms with Crippen molar-refractivity contribution in [3.05, 3.63) is 18.2 Å². The van der Waals surface area contributed by atoms with E-state index in [9.17, 15) is 13.2 Å². The molecule has 1 heterocycles. The standard InChI is InChI=1S/C19H28N2O5S/c1-25-18-10-9-16(27(23,24)21-11-5-2-6-12-21)13-17(18)20-19(22)14-26-15-7-3-4-8-15/h9-10,13,15H,2-8,11-12,14H2,1H3,(H,20,22). The highest BCUT2D eigenvalue weighted by Gasteiger charge is 2.27. The van der Waals surface area contributed by atoms with Gasteiger partial charge in [0.1, 0.15) is 12.4 Å². The summed E-state index contributed by atoms with van der Waals surface area (Å²) in [6, 6.07) is 4.56. The lowest BCUT2D eigenvalue weighted by Gasteiger charge is -2.26. The SMILES string of the molecule is COc1ccc(S(=O)(=O)N2CCCCC2)cc1NC(=O)COC1CCCC1. The van der Waals surface area contributed by atoms with E-state index >= 15 is 0 Å². The quantitative estimate of drug-likeness (QED) is 0.766. The van der Waals surface area contributed by atoms with Crippen LogP contribution in [0.4, 0.5) is 5.69 Å². The number of ether oxygens (including phenoxy) is 2. The Morgan fingerprint density at radius 3 is 2.52 bits per heavy atom. The average molecular weight is 397 g/mol. The van der Waals surface area contributed by atoms with E-state index in [1.54, 1.807) is 6.07 Å². The van der Waals surface area contributed by atoms with E-state index in [1.807, 2.05) is 0 Å². The molecule has 1 aromatic carbocycles. The number of carbonyl (C=O) groups excluding carboxylic acids is 1. The number of sulfonamides is 1. The van der Waals surface area contributed by atoms with Crippen LogP contribution in [0.5, 0.6) is 5.75 Å². The number of rotatable bonds is 7. The number of amides is 1. The van der Waals surface area contributed by atoms with Crippen LogP contribution in [0.1, 0.15) is 44.9 Å². The zero-order valence-corrected chi connectivity index (χ0v) is 16.6. The van der Waals surface area contributed by atoms with Gasteiger partial charge in [0.25, 0.3) is 0 Å². The molecule has 0 bridgehead atoms. The minimum absolute atomic E-state index is 0.0447. The van der Waals surface area contributed by atoms with Crippen LogP contribution < -0.4 is 10.1 Å². The average Bonchev–Trinajstić information content (AvgIpc) is 3.20. The Kier molecular flexibility index (Phi) is 6.73. The van der Waals surface area contributed by atoms with Crippen molar-refractivity contribution in [1.82, 2.24) is 4.31 Å². The van der Waals surface area contributed by atoms with Crippen LogP contribution >= 0.6 is 0 Å². The van der Waals surface area contributed by atoms with E-state index in [-0.39, 0.29) is 23.5 Å². The number of nitrogens with zero attached hydrogens (tertiary/aromatic N) is 1. The Morgan fingerprint density at radius 2 is 1.85 bits per heavy atom. The molecular weight excluding hydrogens is 368 g/mol. The highest BCUT2D eigenvalue weighted by molar-refractivity contribution is 7.89. The third-order valence-electron chi connectivity index (χ3n) is 5.15. The summed E-state index contributed by atoms with van der Waals surface area (Å²) in [6.45, 7) is 1.02. The molecule has 1 saturated heterocycles. The molecule has 8 heteroatoms. The third kappa shape index (κ3) is 5.00. The second-order valence-corrected chi connectivity index (χ2v) is 9.03. The monoisotopic (exact) mass is 396 g/mol. The van der Waals surface area contributed by atoms with Gasteiger partial charge in [0.15, 0.2) is 0 Å². The van der Waals surface area contributed by atoms with Crippen molar-refractivity contribution in [3.8, 4) is 5.75 Å². The van der Waals surface area contributed by atoms with Crippen LogP contribution in [-0.2, 0) is 19.6 Å². The molecule has 1 saturated carbocycles. The van der Waals surface area contributed by atoms with Crippen molar-refractivity contribution in [1.29, 1.82) is 0 Å². The second kappa shape index (κ2) is 9.03. The van der Waals surface area contributed by atoms with E-state index in [2.05, 4.69) is 5.32 Å². The van der Waals surface area contributed by atoms with E-state index in [0.29, 0.717) is 24.5 Å². The van der Waals surface area contributed by atoms with Gasteiger partial charge in [-0.2, -0.15) is 4.31 Å². The fraction of sp³-hybridized carbons (Fsp3) is 0.632. The molecule has 0 spiro atoms. The first-order valence-electron chi connectivity index (χ1n) is 9.60. The summed E-state index contributed by atoms with van der Waals surface area (Å²) in [5.74, 6) is 0.106. The number of methoxy groups -OCH3 is 1. The molecule has 1 amide bonds. The smallest absolute Gasteiger partial charge is 0.250 e. The minimum atomic E-state index is -3.58. The predicted octanol–water partition coefficient (Wildman–Crippen LogP) is 2.77. The van der Waals surface area contributed by atoms with Gasteiger partial charge in [-0.15, -0.1) is 0 Å². The summed E-state index contributed by atoms with van der Waals surface area (Å²) in [4.78, 5) is 12.4. The van der Waals surface area contributed by atoms with Gasteiger partial charge in [0, 0.05) is 13.1 Å². The van der Waals surface area contributed by atoms with Crippen molar-refractivity contribution in [3.63, 3.8) is 0 Å². The molecule has 2 aliphatic rings. The van der Waals surface area contributed by atoms with Crippen LogP contribution in [-0.4, -0.2) is 51.5 Å². The fourth-order valence-electron chi connectivity index (χ4n) is 3.63. The maximum atomic E-state index is 12.9. The zero-order valence-electron chi connectivity index (χ0n) is 15.8. The minimum Gasteiger partial charge on any atom is -0.495 e. The molecule has 1 aliphatic heterocycles. The number of nitrogens with one attached hydrogen (secondary N) is 1. The van der Waals surface area contributed by atoms with Crippen LogP contribution in [0.25, 0.3) is 0 Å². The molecule has 1 N–H and O–H groups in total. The second-order valence-electron chi connectivity index (χ2n) is 7.09. The number of piperidine rings is 1. The van der Waals surface area contributed by atoms with Gasteiger partial charge in [-0.3, -0.25) is 4.79 Å². The molecule has 3 rings (SSSR count). The first-order valence-corrected chi connectivity index (χ1v) is 11.0. The molecule has 150 valence electrons. The van der Waals surface area contributed by atoms with Gasteiger partial charge in [-0.25, -0.2) is 8.42 Å². The van der Waals surface area contributed by atoms with E-state index < -0.39 is 10.0 Å². The van der Waals surface area contributed by atoms with Gasteiger partial charge in [-0.1, -0.05) is 19.3 Å². The van der Waals surface area contributed by atoms with Crippen molar-refractivity contribution < 1.29 is 22.7 Å². The summed E-state index contributed by atoms with van der Waals surface area (Å²) in [5, 5.41) is 2.73. The molecule has 0 radical (unpaired) electrons. The molecule has 0 atom stereocenters. The van der Waals surface area contributed by atoms with E-state index in [1.165, 1.54) is 23.5 Å². The largest absolute Gasteiger partial charge is 0.495 e. The van der Waals surface area contributed by atoms with Gasteiger partial charge < -0.3 is 14.8 Å². The lowest BCUT2D eigenvalue weighted by atomic mass is 10.2. The number of hydrogen-bond acceptors (Lipinski definition) is 5. The highest BCUT2D eigenvalue weighted by atomic mass is 32.2. The lowest BCUT2D eigenvalue weighted by molar-refractivity contribution is -0.122. The summed E-state index contributed by atoms with van der Waals surface area (Å²) >= 11 is 0. The Bertz CT molecular complexity index is 753. The summed E-state index contributed by atoms with van der Waals surface area (Å²) < 4.78 is 38.1. The number of carbonyl (C=O) groups is 1. The molecule has 0 aromatic heterocycles. The number of benzene rings is 1. The van der Waals surface area contributed by atoms with E-state index in [4.69, 9.17) is 9.47 Å². The molecule has 7 nitrogen and oxygen atoms in total. The zero-order chi connectivity index (χ0) is 19.3. The van der Waals surface area contributed by atoms with Gasteiger partial charge >= 0.3 is 0 Å². The van der Waals surface area contributed by atoms with Crippen molar-refractivity contribution >= 4 is 21.6 Å². The van der Waals surface area contributed by atoms with Crippen molar-refractivity contribution in [2.45, 2.75) is 55.9 Å². The first kappa shape index (κ1) is 20.1. The maximum absolute atomic E-state index is 12.9. The van der Waals surface area contributed by atoms with Crippen molar-refractivity contribution in [2.24, 2.45) is 0 Å². The molecule has 27 heavy (non-hydrogen) atoms. The van der Waals surface area contributed by atoms with Gasteiger partial charge in [0.2, 0.25) is 15.9 Å². The first-order chi connectivity index (χ1) is 13.0. The Labute approximate surface area is 161 Å². The maximum Gasteiger partial charge on any atom is 0.250 e. The highest BCUT2D eigenvalue weighted by Crippen LogP contribution is 2.30. The normalized spacial score (nSPS) is 19.1. The van der Waals surface area contributed by atoms with E-state index in [0.717, 1.165) is 44.9 Å². The molecule has 2 fully saturated rings. The number of hydrogen-bond donors (Lipinski definition) is 1. The summed E-state index contributed by atoms with van der Waals surface area (Å²) in [7, 11) is -2.09. The topological polar surface area (TPSA) is 84.9 Å². The third-order valence-corrected chi connectivity index (χ3v) is 7.04. The fourth-order valence-corrected chi connectivity index (χ4v) is 5.18. The van der Waals surface area contributed by atoms with Crippen LogP contribution in [0.15, 0.2) is 23.1 Å². The molecular formula is C19H28N2O5S. The summed E-state index contributed by atoms with van der Waals surface area (Å²) in [5.41, 5.74) is 0.343. The Hall–Kier alpha value is -1.64. The Morgan fingerprint density at radius 1 is 1.15 bits per heavy atom. The predicted molar refractivity (Wildman–Crippen MR) is 102 cm³/mol. The van der Waals surface area contributed by atoms with Crippen LogP contribution in [0, 0.1) is 0 Å². The summed E-state index contributed by atoms with van der Waals surface area (Å²) in [6.07, 6.45) is 7.18. The number of anilines is 1. The Balaban J connectivity index is 1.71.